The topological polar surface area (TPSA) is 76.4 Å². The van der Waals surface area contributed by atoms with Crippen LogP contribution in [0, 0.1) is 12.7 Å². The number of amides is 2. The minimum Gasteiger partial charge on any atom is -0.494 e. The van der Waals surface area contributed by atoms with Crippen molar-refractivity contribution in [3.05, 3.63) is 47.1 Å². The lowest BCUT2D eigenvalue weighted by Gasteiger charge is -2.15. The molecular weight excluding hydrogens is 289 g/mol. The summed E-state index contributed by atoms with van der Waals surface area (Å²) in [5.74, 6) is 0.387. The van der Waals surface area contributed by atoms with E-state index in [0.717, 1.165) is 5.56 Å². The number of carbonyl (C=O) groups is 1. The van der Waals surface area contributed by atoms with E-state index in [1.807, 2.05) is 0 Å². The Hall–Kier alpha value is -2.57. The third kappa shape index (κ3) is 3.97. The first kappa shape index (κ1) is 15.8. The van der Waals surface area contributed by atoms with Crippen molar-refractivity contribution >= 4 is 6.03 Å². The van der Waals surface area contributed by atoms with Crippen LogP contribution < -0.4 is 15.4 Å². The number of halogens is 1. The summed E-state index contributed by atoms with van der Waals surface area (Å²) >= 11 is 0. The van der Waals surface area contributed by atoms with Crippen molar-refractivity contribution < 1.29 is 18.4 Å². The number of methoxy groups -OCH3 is 1. The average molecular weight is 307 g/mol. The normalized spacial score (nSPS) is 11.8. The highest BCUT2D eigenvalue weighted by molar-refractivity contribution is 5.74. The van der Waals surface area contributed by atoms with Crippen LogP contribution in [-0.2, 0) is 6.54 Å². The lowest BCUT2D eigenvalue weighted by molar-refractivity contribution is 0.237. The smallest absolute Gasteiger partial charge is 0.315 e. The lowest BCUT2D eigenvalue weighted by Crippen LogP contribution is -2.36. The van der Waals surface area contributed by atoms with Gasteiger partial charge in [-0.25, -0.2) is 9.18 Å². The van der Waals surface area contributed by atoms with Crippen molar-refractivity contribution in [1.29, 1.82) is 0 Å². The number of aromatic nitrogens is 1. The van der Waals surface area contributed by atoms with Crippen LogP contribution in [0.25, 0.3) is 0 Å². The maximum atomic E-state index is 13.4. The first-order valence-electron chi connectivity index (χ1n) is 6.79. The van der Waals surface area contributed by atoms with E-state index in [-0.39, 0.29) is 24.4 Å². The van der Waals surface area contributed by atoms with E-state index < -0.39 is 5.82 Å². The van der Waals surface area contributed by atoms with Crippen molar-refractivity contribution in [3.63, 3.8) is 0 Å². The molecule has 0 spiro atoms. The van der Waals surface area contributed by atoms with Crippen molar-refractivity contribution in [2.45, 2.75) is 26.4 Å². The largest absolute Gasteiger partial charge is 0.494 e. The fourth-order valence-electron chi connectivity index (χ4n) is 1.95. The Morgan fingerprint density at radius 2 is 2.23 bits per heavy atom. The molecule has 2 amide bonds. The molecule has 0 radical (unpaired) electrons. The van der Waals surface area contributed by atoms with Crippen molar-refractivity contribution in [1.82, 2.24) is 15.8 Å². The van der Waals surface area contributed by atoms with Gasteiger partial charge in [-0.1, -0.05) is 11.2 Å². The van der Waals surface area contributed by atoms with Gasteiger partial charge in [0.1, 0.15) is 11.5 Å². The minimum absolute atomic E-state index is 0.143. The molecule has 0 aliphatic carbocycles. The van der Waals surface area contributed by atoms with E-state index in [1.54, 1.807) is 32.0 Å². The number of hydrogen-bond donors (Lipinski definition) is 2. The van der Waals surface area contributed by atoms with E-state index in [1.165, 1.54) is 13.2 Å². The molecule has 2 rings (SSSR count). The summed E-state index contributed by atoms with van der Waals surface area (Å²) in [6.45, 7) is 3.84. The van der Waals surface area contributed by atoms with Gasteiger partial charge in [-0.2, -0.15) is 0 Å². The van der Waals surface area contributed by atoms with E-state index in [4.69, 9.17) is 9.26 Å². The third-order valence-electron chi connectivity index (χ3n) is 3.13. The molecule has 1 aromatic carbocycles. The van der Waals surface area contributed by atoms with Crippen LogP contribution >= 0.6 is 0 Å². The van der Waals surface area contributed by atoms with E-state index in [9.17, 15) is 9.18 Å². The highest BCUT2D eigenvalue weighted by Gasteiger charge is 2.12. The number of carbonyl (C=O) groups excluding carboxylic acids is 1. The fourth-order valence-corrected chi connectivity index (χ4v) is 1.95. The molecule has 22 heavy (non-hydrogen) atoms. The Kier molecular flexibility index (Phi) is 4.98. The SMILES string of the molecule is COc1cc([C@H](C)NC(=O)NCc2cc(C)on2)ccc1F. The van der Waals surface area contributed by atoms with Crippen molar-refractivity contribution in [2.75, 3.05) is 7.11 Å². The summed E-state index contributed by atoms with van der Waals surface area (Å²) in [6, 6.07) is 5.56. The van der Waals surface area contributed by atoms with E-state index in [0.29, 0.717) is 11.5 Å². The highest BCUT2D eigenvalue weighted by Crippen LogP contribution is 2.22. The summed E-state index contributed by atoms with van der Waals surface area (Å²) in [5.41, 5.74) is 1.38. The van der Waals surface area contributed by atoms with Gasteiger partial charge in [0.2, 0.25) is 0 Å². The lowest BCUT2D eigenvalue weighted by atomic mass is 10.1. The standard InChI is InChI=1S/C15H18FN3O3/c1-9-6-12(19-22-9)8-17-15(20)18-10(2)11-4-5-13(16)14(7-11)21-3/h4-7,10H,8H2,1-3H3,(H2,17,18,20)/t10-/m0/s1. The van der Waals surface area contributed by atoms with Crippen LogP contribution in [0.5, 0.6) is 5.75 Å². The molecule has 0 aliphatic heterocycles. The van der Waals surface area contributed by atoms with Gasteiger partial charge in [-0.3, -0.25) is 0 Å². The average Bonchev–Trinajstić information content (AvgIpc) is 2.91. The first-order chi connectivity index (χ1) is 10.5. The second-order valence-corrected chi connectivity index (χ2v) is 4.87. The summed E-state index contributed by atoms with van der Waals surface area (Å²) in [4.78, 5) is 11.8. The molecule has 7 heteroatoms. The third-order valence-corrected chi connectivity index (χ3v) is 3.13. The molecule has 0 saturated heterocycles. The molecular formula is C15H18FN3O3. The predicted octanol–water partition coefficient (Wildman–Crippen LogP) is 2.69. The quantitative estimate of drug-likeness (QED) is 0.890. The maximum absolute atomic E-state index is 13.4. The molecule has 0 unspecified atom stereocenters. The summed E-state index contributed by atoms with van der Waals surface area (Å²) < 4.78 is 23.2. The molecule has 118 valence electrons. The van der Waals surface area contributed by atoms with Gasteiger partial charge >= 0.3 is 6.03 Å². The minimum atomic E-state index is -0.440. The molecule has 1 heterocycles. The predicted molar refractivity (Wildman–Crippen MR) is 78.0 cm³/mol. The fraction of sp³-hybridized carbons (Fsp3) is 0.333. The van der Waals surface area contributed by atoms with Crippen LogP contribution in [0.15, 0.2) is 28.8 Å². The van der Waals surface area contributed by atoms with Crippen LogP contribution in [0.2, 0.25) is 0 Å². The van der Waals surface area contributed by atoms with Gasteiger partial charge in [-0.15, -0.1) is 0 Å². The number of nitrogens with zero attached hydrogens (tertiary/aromatic N) is 1. The maximum Gasteiger partial charge on any atom is 0.315 e. The van der Waals surface area contributed by atoms with Crippen molar-refractivity contribution in [2.24, 2.45) is 0 Å². The number of nitrogens with one attached hydrogen (secondary N) is 2. The second kappa shape index (κ2) is 6.93. The number of hydrogen-bond acceptors (Lipinski definition) is 4. The second-order valence-electron chi connectivity index (χ2n) is 4.87. The zero-order chi connectivity index (χ0) is 16.1. The van der Waals surface area contributed by atoms with Gasteiger partial charge in [-0.05, 0) is 31.5 Å². The number of rotatable bonds is 5. The number of ether oxygens (including phenoxy) is 1. The van der Waals surface area contributed by atoms with Gasteiger partial charge in [0.15, 0.2) is 11.6 Å². The molecule has 1 aromatic heterocycles. The number of urea groups is 1. The monoisotopic (exact) mass is 307 g/mol. The summed E-state index contributed by atoms with van der Waals surface area (Å²) in [5, 5.41) is 9.21. The molecule has 6 nitrogen and oxygen atoms in total. The van der Waals surface area contributed by atoms with E-state index in [2.05, 4.69) is 15.8 Å². The van der Waals surface area contributed by atoms with Gasteiger partial charge in [0.05, 0.1) is 19.7 Å². The van der Waals surface area contributed by atoms with Gasteiger partial charge in [0, 0.05) is 6.07 Å². The Morgan fingerprint density at radius 3 is 2.86 bits per heavy atom. The Morgan fingerprint density at radius 1 is 1.45 bits per heavy atom. The van der Waals surface area contributed by atoms with E-state index >= 15 is 0 Å². The summed E-state index contributed by atoms with van der Waals surface area (Å²) in [6.07, 6.45) is 0. The molecule has 2 N–H and O–H groups in total. The molecule has 2 aromatic rings. The van der Waals surface area contributed by atoms with Crippen LogP contribution in [-0.4, -0.2) is 18.3 Å². The zero-order valence-corrected chi connectivity index (χ0v) is 12.6. The van der Waals surface area contributed by atoms with Crippen LogP contribution in [0.3, 0.4) is 0 Å². The van der Waals surface area contributed by atoms with Crippen LogP contribution in [0.1, 0.15) is 30.0 Å². The molecule has 0 aliphatic rings. The zero-order valence-electron chi connectivity index (χ0n) is 12.6. The Bertz CT molecular complexity index is 657. The van der Waals surface area contributed by atoms with Crippen LogP contribution in [0.4, 0.5) is 9.18 Å². The first-order valence-corrected chi connectivity index (χ1v) is 6.79. The molecule has 0 bridgehead atoms. The van der Waals surface area contributed by atoms with Crippen molar-refractivity contribution in [3.8, 4) is 5.75 Å². The number of aryl methyl sites for hydroxylation is 1. The van der Waals surface area contributed by atoms with Gasteiger partial charge < -0.3 is 19.9 Å². The highest BCUT2D eigenvalue weighted by atomic mass is 19.1. The molecule has 0 saturated carbocycles. The molecule has 0 fully saturated rings. The molecule has 1 atom stereocenters. The van der Waals surface area contributed by atoms with Gasteiger partial charge in [0.25, 0.3) is 0 Å². The number of benzene rings is 1. The Balaban J connectivity index is 1.90. The Labute approximate surface area is 127 Å². The summed E-state index contributed by atoms with van der Waals surface area (Å²) in [7, 11) is 1.40.